The highest BCUT2D eigenvalue weighted by atomic mass is 16.5. The number of carbonyl (C=O) groups excluding carboxylic acids is 6. The fourth-order valence-electron chi connectivity index (χ4n) is 13.0. The van der Waals surface area contributed by atoms with Crippen molar-refractivity contribution in [3.05, 3.63) is 94.0 Å². The molecule has 22 nitrogen and oxygen atoms in total. The predicted molar refractivity (Wildman–Crippen MR) is 446 cm³/mol. The molecule has 0 radical (unpaired) electrons. The van der Waals surface area contributed by atoms with Crippen LogP contribution in [0.4, 0.5) is 22.7 Å². The van der Waals surface area contributed by atoms with E-state index >= 15 is 9.59 Å². The molecule has 0 spiro atoms. The van der Waals surface area contributed by atoms with Crippen molar-refractivity contribution in [3.8, 4) is 57.5 Å². The Morgan fingerprint density at radius 3 is 0.571 bits per heavy atom. The fourth-order valence-corrected chi connectivity index (χ4v) is 13.0. The topological polar surface area (TPSA) is 261 Å². The molecule has 0 aromatic heterocycles. The minimum Gasteiger partial charge on any atom is -0.494 e. The zero-order valence-corrected chi connectivity index (χ0v) is 69.8. The van der Waals surface area contributed by atoms with E-state index in [2.05, 4.69) is 62.8 Å². The molecule has 0 fully saturated rings. The molecule has 0 saturated heterocycles. The van der Waals surface area contributed by atoms with Crippen molar-refractivity contribution in [2.75, 3.05) is 104 Å². The van der Waals surface area contributed by atoms with Crippen molar-refractivity contribution >= 4 is 58.3 Å². The van der Waals surface area contributed by atoms with E-state index in [0.717, 1.165) is 218 Å². The first-order valence-electron chi connectivity index (χ1n) is 41.9. The highest BCUT2D eigenvalue weighted by Crippen LogP contribution is 2.42. The van der Waals surface area contributed by atoms with Crippen molar-refractivity contribution in [1.29, 1.82) is 0 Å². The van der Waals surface area contributed by atoms with E-state index in [-0.39, 0.29) is 127 Å². The van der Waals surface area contributed by atoms with Gasteiger partial charge in [-0.3, -0.25) is 19.2 Å². The Bertz CT molecular complexity index is 3400. The smallest absolute Gasteiger partial charge is 0.341 e. The van der Waals surface area contributed by atoms with Crippen LogP contribution in [-0.2, 0) is 9.47 Å². The molecule has 0 aliphatic carbocycles. The maximum Gasteiger partial charge on any atom is 0.341 e. The van der Waals surface area contributed by atoms with Gasteiger partial charge in [0.2, 0.25) is 0 Å². The summed E-state index contributed by atoms with van der Waals surface area (Å²) >= 11 is 0. The van der Waals surface area contributed by atoms with E-state index in [1.54, 1.807) is 18.2 Å². The molecule has 5 rings (SSSR count). The van der Waals surface area contributed by atoms with Crippen LogP contribution in [0.1, 0.15) is 335 Å². The van der Waals surface area contributed by atoms with Gasteiger partial charge < -0.3 is 78.1 Å². The normalized spacial score (nSPS) is 11.0. The molecule has 5 aromatic carbocycles. The number of carbonyl (C=O) groups is 6. The van der Waals surface area contributed by atoms with E-state index in [4.69, 9.17) is 56.8 Å². The van der Waals surface area contributed by atoms with Crippen molar-refractivity contribution in [2.24, 2.45) is 0 Å². The van der Waals surface area contributed by atoms with Gasteiger partial charge in [0.15, 0.2) is 0 Å². The zero-order chi connectivity index (χ0) is 81.1. The van der Waals surface area contributed by atoms with Gasteiger partial charge in [0, 0.05) is 30.3 Å². The van der Waals surface area contributed by atoms with E-state index in [0.29, 0.717) is 39.3 Å². The van der Waals surface area contributed by atoms with Gasteiger partial charge in [0.25, 0.3) is 23.6 Å². The lowest BCUT2D eigenvalue weighted by Crippen LogP contribution is -2.20. The number of unbranched alkanes of at least 4 members (excludes halogenated alkanes) is 30. The third kappa shape index (κ3) is 32.2. The molecule has 4 N–H and O–H groups in total. The van der Waals surface area contributed by atoms with Gasteiger partial charge in [-0.25, -0.2) is 9.59 Å². The van der Waals surface area contributed by atoms with Crippen LogP contribution >= 0.6 is 0 Å². The number of hydrogen-bond acceptors (Lipinski definition) is 18. The first-order chi connectivity index (χ1) is 54.6. The maximum absolute atomic E-state index is 15.5. The van der Waals surface area contributed by atoms with Crippen LogP contribution in [0, 0.1) is 0 Å². The summed E-state index contributed by atoms with van der Waals surface area (Å²) in [5.41, 5.74) is 0.419. The van der Waals surface area contributed by atoms with Crippen molar-refractivity contribution in [1.82, 2.24) is 0 Å². The summed E-state index contributed by atoms with van der Waals surface area (Å²) in [6.07, 6.45) is 36.2. The lowest BCUT2D eigenvalue weighted by Gasteiger charge is -2.20. The monoisotopic (exact) mass is 1560 g/mol. The van der Waals surface area contributed by atoms with Crippen LogP contribution in [0.15, 0.2) is 60.7 Å². The van der Waals surface area contributed by atoms with Gasteiger partial charge in [0.1, 0.15) is 68.6 Å². The van der Waals surface area contributed by atoms with Crippen LogP contribution in [0.3, 0.4) is 0 Å². The molecule has 0 saturated carbocycles. The molecule has 0 unspecified atom stereocenters. The molecule has 22 heteroatoms. The van der Waals surface area contributed by atoms with Crippen molar-refractivity contribution in [3.63, 3.8) is 0 Å². The molecule has 0 heterocycles. The van der Waals surface area contributed by atoms with E-state index in [9.17, 15) is 19.2 Å². The minimum atomic E-state index is -0.727. The van der Waals surface area contributed by atoms with Crippen LogP contribution in [0.25, 0.3) is 0 Å². The summed E-state index contributed by atoms with van der Waals surface area (Å²) in [7, 11) is 8.24. The number of hydrogen-bond donors (Lipinski definition) is 4. The standard InChI is InChI=1S/C90H134N4O18/c1-13-19-25-31-37-43-49-107-75-60-76(108-50-44-38-32-26-20-14-2)66(86(96)92-72-59-74(84(104-10)64-82(72)102-8)94-88(98)68-57-70(90(100)106-12)80(112-54-48-42-36-30-24-18-6)62-78(68)110-52-46-40-34-28-22-16-4)55-65(75)85(95)91-71-58-73(83(103-9)63-81(71)101-7)93-87(97)67-56-69(89(99)105-11)79(111-53-47-41-35-29-23-17-5)61-77(67)109-51-45-39-33-27-21-15-3/h55-64H,13-54H2,1-12H3,(H,91,95)(H,92,96)(H,93,97)(H,94,98). The number of methoxy groups -OCH3 is 6. The highest BCUT2D eigenvalue weighted by Gasteiger charge is 2.29. The van der Waals surface area contributed by atoms with Gasteiger partial charge in [-0.05, 0) is 68.9 Å². The van der Waals surface area contributed by atoms with Crippen LogP contribution < -0.4 is 68.6 Å². The summed E-state index contributed by atoms with van der Waals surface area (Å²) in [5, 5.41) is 11.9. The SMILES string of the molecule is CCCCCCCCOc1cc(OCCCCCCCC)c(C(=O)Nc2cc(NC(=O)c3cc(C(=O)OC)c(OCCCCCCCC)cc3OCCCCCCCC)c(OC)cc2OC)cc1C(=O)Nc1cc(NC(=O)c2cc(C(=O)OC)c(OCCCCCCCC)cc2OCCCCCCCC)c(OC)cc1OC. The summed E-state index contributed by atoms with van der Waals surface area (Å²) < 4.78 is 72.4. The number of amides is 4. The van der Waals surface area contributed by atoms with Gasteiger partial charge in [-0.1, -0.05) is 234 Å². The average molecular weight is 1560 g/mol. The van der Waals surface area contributed by atoms with E-state index in [1.165, 1.54) is 85.1 Å². The predicted octanol–water partition coefficient (Wildman–Crippen LogP) is 22.7. The number of benzene rings is 5. The second kappa shape index (κ2) is 55.4. The Morgan fingerprint density at radius 2 is 0.384 bits per heavy atom. The number of rotatable bonds is 62. The summed E-state index contributed by atoms with van der Waals surface area (Å²) in [6, 6.07) is 15.0. The second-order valence-electron chi connectivity index (χ2n) is 28.5. The Balaban J connectivity index is 1.62. The van der Waals surface area contributed by atoms with Crippen molar-refractivity contribution < 1.29 is 85.6 Å². The van der Waals surface area contributed by atoms with Gasteiger partial charge in [-0.2, -0.15) is 0 Å². The molecule has 112 heavy (non-hydrogen) atoms. The molecule has 0 bridgehead atoms. The highest BCUT2D eigenvalue weighted by molar-refractivity contribution is 6.14. The van der Waals surface area contributed by atoms with Crippen molar-refractivity contribution in [2.45, 2.75) is 273 Å². The Labute approximate surface area is 668 Å². The Kier molecular flexibility index (Phi) is 46.2. The third-order valence-electron chi connectivity index (χ3n) is 19.6. The average Bonchev–Trinajstić information content (AvgIpc) is 0.793. The molecule has 0 atom stereocenters. The molecular formula is C90H134N4O18. The van der Waals surface area contributed by atoms with Crippen LogP contribution in [0.5, 0.6) is 57.5 Å². The lowest BCUT2D eigenvalue weighted by molar-refractivity contribution is 0.0586. The first-order valence-corrected chi connectivity index (χ1v) is 41.9. The molecule has 4 amide bonds. The zero-order valence-electron chi connectivity index (χ0n) is 69.8. The first kappa shape index (κ1) is 93.5. The maximum atomic E-state index is 15.5. The number of ether oxygens (including phenoxy) is 12. The van der Waals surface area contributed by atoms with Crippen LogP contribution in [0.2, 0.25) is 0 Å². The Morgan fingerprint density at radius 1 is 0.214 bits per heavy atom. The summed E-state index contributed by atoms with van der Waals surface area (Å²) in [5.74, 6) is -2.47. The molecule has 0 aliphatic heterocycles. The largest absolute Gasteiger partial charge is 0.494 e. The van der Waals surface area contributed by atoms with Gasteiger partial charge in [-0.15, -0.1) is 0 Å². The van der Waals surface area contributed by atoms with Crippen LogP contribution in [-0.4, -0.2) is 118 Å². The van der Waals surface area contributed by atoms with E-state index in [1.807, 2.05) is 0 Å². The molecular weight excluding hydrogens is 1420 g/mol. The minimum absolute atomic E-state index is 0.0194. The van der Waals surface area contributed by atoms with E-state index < -0.39 is 35.6 Å². The quantitative estimate of drug-likeness (QED) is 0.0208. The molecule has 0 aliphatic rings. The summed E-state index contributed by atoms with van der Waals surface area (Å²) in [4.78, 5) is 87.9. The lowest BCUT2D eigenvalue weighted by atomic mass is 10.1. The summed E-state index contributed by atoms with van der Waals surface area (Å²) in [6.45, 7) is 14.8. The third-order valence-corrected chi connectivity index (χ3v) is 19.6. The number of nitrogens with one attached hydrogen (secondary N) is 4. The molecule has 622 valence electrons. The molecule has 5 aromatic rings. The van der Waals surface area contributed by atoms with Gasteiger partial charge in [0.05, 0.1) is 127 Å². The fraction of sp³-hybridized carbons (Fsp3) is 0.600. The van der Waals surface area contributed by atoms with Gasteiger partial charge >= 0.3 is 11.9 Å². The second-order valence-corrected chi connectivity index (χ2v) is 28.5. The Hall–Kier alpha value is -9.08. The number of esters is 2. The number of anilines is 4.